The molecule has 7 rings (SSSR count). The number of nitrogens with one attached hydrogen (secondary N) is 2. The number of benzene rings is 3. The van der Waals surface area contributed by atoms with Crippen LogP contribution in [0.5, 0.6) is 11.5 Å². The van der Waals surface area contributed by atoms with Gasteiger partial charge in [-0.15, -0.1) is 0 Å². The first-order valence-electron chi connectivity index (χ1n) is 16.0. The molecule has 1 unspecified atom stereocenters. The number of carbonyl (C=O) groups is 2. The molecule has 3 aliphatic heterocycles. The van der Waals surface area contributed by atoms with Gasteiger partial charge in [-0.3, -0.25) is 4.90 Å². The molecule has 3 atom stereocenters. The van der Waals surface area contributed by atoms with E-state index in [-0.39, 0.29) is 23.6 Å². The average molecular weight is 727 g/mol. The van der Waals surface area contributed by atoms with Crippen molar-refractivity contribution < 1.29 is 43.4 Å². The molecule has 13 heteroatoms. The van der Waals surface area contributed by atoms with Crippen LogP contribution in [0.3, 0.4) is 0 Å². The minimum absolute atomic E-state index is 0. The fraction of sp³-hybridized carbons (Fsp3) is 0.324. The lowest BCUT2D eigenvalue weighted by molar-refractivity contribution is -0.377. The van der Waals surface area contributed by atoms with E-state index in [1.807, 2.05) is 30.3 Å². The Morgan fingerprint density at radius 3 is 2.26 bits per heavy atom. The van der Waals surface area contributed by atoms with E-state index in [4.69, 9.17) is 42.1 Å². The standard InChI is InChI=1S/C37H36Cl2FN3O6.H2O/c1-46-31-11-8-24(16-33(31)47-2)32(18-27-28(38)19-41-20-29(27)39)48-36(44)26-10-9-25(17-30(26)40)42-35(23-6-4-3-5-7-23)37(45)49-34-21-43-14-12-22(34)13-15-43;/h3-11,16-17,19-20,22,32,34-35,42H,12-15,18,21H2,1-2H3;1H2/t32-,34-,35?;/m0./s1. The van der Waals surface area contributed by atoms with Crippen LogP contribution >= 0.6 is 23.2 Å². The van der Waals surface area contributed by atoms with Crippen LogP contribution in [0.1, 0.15) is 52.0 Å². The van der Waals surface area contributed by atoms with Crippen LogP contribution < -0.4 is 19.8 Å². The smallest absolute Gasteiger partial charge is 0.341 e. The number of piperidine rings is 3. The fourth-order valence-electron chi connectivity index (χ4n) is 6.45. The van der Waals surface area contributed by atoms with Gasteiger partial charge < -0.3 is 29.7 Å². The first kappa shape index (κ1) is 36.9. The van der Waals surface area contributed by atoms with Gasteiger partial charge in [-0.1, -0.05) is 59.6 Å². The van der Waals surface area contributed by atoms with Crippen LogP contribution in [-0.2, 0) is 20.7 Å². The molecule has 0 amide bonds. The van der Waals surface area contributed by atoms with Crippen molar-refractivity contribution in [2.45, 2.75) is 37.5 Å². The predicted molar refractivity (Wildman–Crippen MR) is 185 cm³/mol. The summed E-state index contributed by atoms with van der Waals surface area (Å²) >= 11 is 12.9. The van der Waals surface area contributed by atoms with E-state index < -0.39 is 29.9 Å². The minimum Gasteiger partial charge on any atom is -0.870 e. The number of aromatic nitrogens is 1. The van der Waals surface area contributed by atoms with Gasteiger partial charge in [0.25, 0.3) is 0 Å². The molecule has 10 nitrogen and oxygen atoms in total. The molecule has 4 aromatic rings. The number of esters is 2. The van der Waals surface area contributed by atoms with Gasteiger partial charge in [-0.2, -0.15) is 0 Å². The van der Waals surface area contributed by atoms with Crippen molar-refractivity contribution in [3.8, 4) is 11.5 Å². The van der Waals surface area contributed by atoms with Crippen molar-refractivity contribution in [2.75, 3.05) is 39.2 Å². The van der Waals surface area contributed by atoms with Gasteiger partial charge in [0, 0.05) is 24.2 Å². The van der Waals surface area contributed by atoms with Gasteiger partial charge in [0.15, 0.2) is 29.9 Å². The summed E-state index contributed by atoms with van der Waals surface area (Å²) in [5, 5.41) is 3.82. The number of hydrogen-bond acceptors (Lipinski definition) is 9. The molecule has 50 heavy (non-hydrogen) atoms. The molecule has 3 N–H and O–H groups in total. The zero-order valence-electron chi connectivity index (χ0n) is 27.5. The Balaban J connectivity index is 0.00000486. The van der Waals surface area contributed by atoms with Crippen LogP contribution in [0.4, 0.5) is 10.1 Å². The maximum Gasteiger partial charge on any atom is 0.341 e. The summed E-state index contributed by atoms with van der Waals surface area (Å²) in [6.45, 7) is 2.76. The highest BCUT2D eigenvalue weighted by atomic mass is 35.5. The van der Waals surface area contributed by atoms with Crippen molar-refractivity contribution in [3.63, 3.8) is 0 Å². The zero-order valence-corrected chi connectivity index (χ0v) is 29.0. The van der Waals surface area contributed by atoms with Crippen LogP contribution in [0.2, 0.25) is 10.0 Å². The molecule has 3 aromatic carbocycles. The second-order valence-electron chi connectivity index (χ2n) is 12.1. The third-order valence-electron chi connectivity index (χ3n) is 9.15. The summed E-state index contributed by atoms with van der Waals surface area (Å²) in [5.74, 6) is -0.937. The number of nitrogens with zero attached hydrogens (tertiary/aromatic N) is 1. The van der Waals surface area contributed by atoms with Gasteiger partial charge in [0.1, 0.15) is 28.1 Å². The minimum atomic E-state index is -0.925. The quantitative estimate of drug-likeness (QED) is 0.158. The monoisotopic (exact) mass is 725 g/mol. The largest absolute Gasteiger partial charge is 0.870 e. The Kier molecular flexibility index (Phi) is 12.2. The number of H-pyrrole nitrogens is 1. The van der Waals surface area contributed by atoms with Crippen molar-refractivity contribution in [1.29, 1.82) is 0 Å². The Labute approximate surface area is 299 Å². The molecule has 0 aliphatic carbocycles. The van der Waals surface area contributed by atoms with E-state index in [9.17, 15) is 9.59 Å². The van der Waals surface area contributed by atoms with Gasteiger partial charge in [0.05, 0.1) is 19.8 Å². The summed E-state index contributed by atoms with van der Waals surface area (Å²) in [7, 11) is 3.01. The summed E-state index contributed by atoms with van der Waals surface area (Å²) in [6, 6.07) is 17.4. The number of carbonyl (C=O) groups excluding carboxylic acids is 2. The number of hydrogen-bond donors (Lipinski definition) is 1. The van der Waals surface area contributed by atoms with Crippen LogP contribution in [0, 0.1) is 11.7 Å². The number of ether oxygens (including phenoxy) is 4. The number of rotatable bonds is 12. The molecule has 4 heterocycles. The lowest BCUT2D eigenvalue weighted by atomic mass is 9.86. The third kappa shape index (κ3) is 8.30. The molecule has 2 bridgehead atoms. The Hall–Kier alpha value is -4.42. The highest BCUT2D eigenvalue weighted by Gasteiger charge is 2.38. The van der Waals surface area contributed by atoms with Crippen LogP contribution in [0.25, 0.3) is 0 Å². The topological polar surface area (TPSA) is 130 Å². The van der Waals surface area contributed by atoms with E-state index >= 15 is 4.39 Å². The molecule has 0 spiro atoms. The molecular formula is C37H38Cl2FN3O7. The first-order chi connectivity index (χ1) is 23.7. The predicted octanol–water partition coefficient (Wildman–Crippen LogP) is 6.72. The summed E-state index contributed by atoms with van der Waals surface area (Å²) in [5.41, 5.74) is 1.76. The van der Waals surface area contributed by atoms with Gasteiger partial charge in [0.2, 0.25) is 0 Å². The maximum atomic E-state index is 15.7. The normalized spacial score (nSPS) is 19.0. The van der Waals surface area contributed by atoms with E-state index in [0.717, 1.165) is 32.5 Å². The number of pyridine rings is 1. The lowest BCUT2D eigenvalue weighted by Gasteiger charge is -2.44. The third-order valence-corrected chi connectivity index (χ3v) is 9.82. The zero-order chi connectivity index (χ0) is 34.5. The van der Waals surface area contributed by atoms with Gasteiger partial charge in [-0.05, 0) is 73.3 Å². The summed E-state index contributed by atoms with van der Waals surface area (Å²) < 4.78 is 38.5. The van der Waals surface area contributed by atoms with Crippen molar-refractivity contribution in [1.82, 2.24) is 4.90 Å². The second-order valence-corrected chi connectivity index (χ2v) is 13.0. The molecule has 0 radical (unpaired) electrons. The Morgan fingerprint density at radius 2 is 1.64 bits per heavy atom. The SMILES string of the molecule is COc1ccc([C@H](Cc2c(Cl)c[nH+]cc2Cl)OC(=O)c2ccc(NC(C(=O)O[C@H]3CN4CCC3CC4)c3ccccc3)cc2F)cc1OC.[OH-]. The number of anilines is 1. The van der Waals surface area contributed by atoms with E-state index in [0.29, 0.717) is 49.8 Å². The molecule has 3 fully saturated rings. The molecule has 3 aliphatic rings. The highest BCUT2D eigenvalue weighted by Crippen LogP contribution is 2.36. The molecule has 0 saturated carbocycles. The van der Waals surface area contributed by atoms with Crippen LogP contribution in [-0.4, -0.2) is 62.3 Å². The first-order valence-corrected chi connectivity index (χ1v) is 16.8. The Morgan fingerprint density at radius 1 is 0.940 bits per heavy atom. The number of fused-ring (bicyclic) bond motifs is 3. The Bertz CT molecular complexity index is 1790. The summed E-state index contributed by atoms with van der Waals surface area (Å²) in [6.07, 6.45) is 4.12. The van der Waals surface area contributed by atoms with Gasteiger partial charge in [-0.25, -0.2) is 19.0 Å². The molecule has 264 valence electrons. The highest BCUT2D eigenvalue weighted by molar-refractivity contribution is 6.35. The molecule has 3 saturated heterocycles. The molecular weight excluding hydrogens is 688 g/mol. The lowest BCUT2D eigenvalue weighted by Crippen LogP contribution is -2.52. The van der Waals surface area contributed by atoms with E-state index in [1.54, 1.807) is 30.6 Å². The van der Waals surface area contributed by atoms with Gasteiger partial charge >= 0.3 is 11.9 Å². The van der Waals surface area contributed by atoms with E-state index in [1.165, 1.54) is 32.4 Å². The van der Waals surface area contributed by atoms with Crippen molar-refractivity contribution >= 4 is 40.8 Å². The average Bonchev–Trinajstić information content (AvgIpc) is 3.12. The van der Waals surface area contributed by atoms with E-state index in [2.05, 4.69) is 15.2 Å². The fourth-order valence-corrected chi connectivity index (χ4v) is 6.98. The maximum absolute atomic E-state index is 15.7. The summed E-state index contributed by atoms with van der Waals surface area (Å²) in [4.78, 5) is 32.3. The molecule has 1 aromatic heterocycles. The second kappa shape index (κ2) is 16.5. The number of halogens is 3. The van der Waals surface area contributed by atoms with Crippen molar-refractivity contribution in [2.24, 2.45) is 5.92 Å². The number of methoxy groups -OCH3 is 2. The van der Waals surface area contributed by atoms with Crippen LogP contribution in [0.15, 0.2) is 79.1 Å². The van der Waals surface area contributed by atoms with Crippen molar-refractivity contribution in [3.05, 3.63) is 117 Å². The number of aromatic amines is 1.